The van der Waals surface area contributed by atoms with Crippen LogP contribution in [0, 0.1) is 11.3 Å². The molecule has 0 radical (unpaired) electrons. The predicted molar refractivity (Wildman–Crippen MR) is 188 cm³/mol. The van der Waals surface area contributed by atoms with Gasteiger partial charge in [-0.1, -0.05) is 35.3 Å². The lowest BCUT2D eigenvalue weighted by Gasteiger charge is -2.39. The average molecular weight is 686 g/mol. The quantitative estimate of drug-likeness (QED) is 0.267. The van der Waals surface area contributed by atoms with E-state index < -0.39 is 5.60 Å². The monoisotopic (exact) mass is 684 g/mol. The van der Waals surface area contributed by atoms with Gasteiger partial charge in [0.1, 0.15) is 16.5 Å². The van der Waals surface area contributed by atoms with E-state index in [1.807, 2.05) is 34.9 Å². The highest BCUT2D eigenvalue weighted by Gasteiger charge is 2.42. The van der Waals surface area contributed by atoms with Crippen LogP contribution in [0.15, 0.2) is 36.5 Å². The van der Waals surface area contributed by atoms with Crippen LogP contribution in [0.4, 0.5) is 5.69 Å². The number of nitrogens with two attached hydrogens (primary N) is 1. The number of anilines is 1. The normalized spacial score (nSPS) is 19.6. The molecule has 2 aromatic carbocycles. The average Bonchev–Trinajstić information content (AvgIpc) is 3.92. The van der Waals surface area contributed by atoms with Gasteiger partial charge in [-0.2, -0.15) is 0 Å². The summed E-state index contributed by atoms with van der Waals surface area (Å²) >= 11 is 13.8. The van der Waals surface area contributed by atoms with Gasteiger partial charge in [-0.25, -0.2) is 0 Å². The first-order chi connectivity index (χ1) is 22.5. The summed E-state index contributed by atoms with van der Waals surface area (Å²) in [5, 5.41) is 11.7. The summed E-state index contributed by atoms with van der Waals surface area (Å²) in [5.74, 6) is 0.771. The summed E-state index contributed by atoms with van der Waals surface area (Å²) in [6.07, 6.45) is 6.07. The lowest BCUT2D eigenvalue weighted by molar-refractivity contribution is -0.146. The number of carbonyl (C=O) groups excluding carboxylic acids is 2. The predicted octanol–water partition coefficient (Wildman–Crippen LogP) is 5.51. The smallest absolute Gasteiger partial charge is 0.266 e. The van der Waals surface area contributed by atoms with Crippen LogP contribution >= 0.6 is 23.2 Å². The number of ether oxygens (including phenoxy) is 2. The molecule has 1 saturated carbocycles. The Bertz CT molecular complexity index is 1520. The highest BCUT2D eigenvalue weighted by Crippen LogP contribution is 2.44. The van der Waals surface area contributed by atoms with Crippen LogP contribution in [0.2, 0.25) is 10.0 Å². The lowest BCUT2D eigenvalue weighted by atomic mass is 9.93. The third kappa shape index (κ3) is 7.50. The largest absolute Gasteiger partial charge is 0.496 e. The Labute approximate surface area is 287 Å². The third-order valence-corrected chi connectivity index (χ3v) is 10.0. The molecule has 10 nitrogen and oxygen atoms in total. The van der Waals surface area contributed by atoms with Crippen molar-refractivity contribution in [3.63, 3.8) is 0 Å². The second kappa shape index (κ2) is 14.7. The van der Waals surface area contributed by atoms with Gasteiger partial charge >= 0.3 is 0 Å². The van der Waals surface area contributed by atoms with Crippen molar-refractivity contribution in [2.75, 3.05) is 51.3 Å². The summed E-state index contributed by atoms with van der Waals surface area (Å²) < 4.78 is 12.0. The highest BCUT2D eigenvalue weighted by atomic mass is 35.5. The zero-order valence-electron chi connectivity index (χ0n) is 27.7. The van der Waals surface area contributed by atoms with Gasteiger partial charge in [0.05, 0.1) is 29.8 Å². The number of nitrogens with zero attached hydrogens (tertiary/aromatic N) is 3. The molecule has 2 aromatic rings. The van der Waals surface area contributed by atoms with Crippen molar-refractivity contribution in [2.45, 2.75) is 64.1 Å². The number of allylic oxidation sites excluding steroid dienone is 1. The molecule has 0 aromatic heterocycles. The minimum atomic E-state index is -1.13. The van der Waals surface area contributed by atoms with Gasteiger partial charge in [-0.05, 0) is 70.2 Å². The molecule has 12 heteroatoms. The van der Waals surface area contributed by atoms with E-state index in [2.05, 4.69) is 10.2 Å². The molecule has 0 bridgehead atoms. The van der Waals surface area contributed by atoms with Crippen molar-refractivity contribution < 1.29 is 19.1 Å². The van der Waals surface area contributed by atoms with Crippen LogP contribution in [0.5, 0.6) is 11.5 Å². The van der Waals surface area contributed by atoms with Gasteiger partial charge in [0.25, 0.3) is 5.91 Å². The van der Waals surface area contributed by atoms with E-state index in [1.54, 1.807) is 33.1 Å². The SMILES string of the molecule is COc1cc(/C(C=N)=C/N)ccc1C(C)N(C(=O)[C@@H]1CCCN(c2c(Cl)ccc(OC(C)(C)C(=O)N3CCNCC3)c2Cl)C1)C1CC1. The second-order valence-corrected chi connectivity index (χ2v) is 13.8. The molecule has 1 unspecified atom stereocenters. The molecular weight excluding hydrogens is 639 g/mol. The topological polar surface area (TPSA) is 124 Å². The van der Waals surface area contributed by atoms with Crippen molar-refractivity contribution in [1.82, 2.24) is 15.1 Å². The molecule has 2 aliphatic heterocycles. The molecule has 2 heterocycles. The molecular formula is C35H46Cl2N6O4. The maximum atomic E-state index is 14.4. The van der Waals surface area contributed by atoms with Gasteiger partial charge in [0, 0.05) is 68.9 Å². The maximum absolute atomic E-state index is 14.4. The van der Waals surface area contributed by atoms with Crippen LogP contribution in [-0.2, 0) is 9.59 Å². The third-order valence-electron chi connectivity index (χ3n) is 9.37. The summed E-state index contributed by atoms with van der Waals surface area (Å²) in [7, 11) is 1.61. The van der Waals surface area contributed by atoms with Gasteiger partial charge in [0.2, 0.25) is 5.91 Å². The first-order valence-corrected chi connectivity index (χ1v) is 17.1. The van der Waals surface area contributed by atoms with Crippen molar-refractivity contribution >= 4 is 52.5 Å². The molecule has 4 N–H and O–H groups in total. The van der Waals surface area contributed by atoms with Crippen molar-refractivity contribution in [2.24, 2.45) is 11.7 Å². The fourth-order valence-electron chi connectivity index (χ4n) is 6.70. The lowest BCUT2D eigenvalue weighted by Crippen LogP contribution is -2.54. The van der Waals surface area contributed by atoms with Crippen molar-refractivity contribution in [3.05, 3.63) is 57.7 Å². The fourth-order valence-corrected chi connectivity index (χ4v) is 7.35. The number of carbonyl (C=O) groups is 2. The van der Waals surface area contributed by atoms with Crippen LogP contribution in [0.3, 0.4) is 0 Å². The van der Waals surface area contributed by atoms with E-state index in [0.717, 1.165) is 49.9 Å². The highest BCUT2D eigenvalue weighted by molar-refractivity contribution is 6.40. The molecule has 3 fully saturated rings. The Morgan fingerprint density at radius 1 is 1.11 bits per heavy atom. The zero-order chi connectivity index (χ0) is 33.9. The summed E-state index contributed by atoms with van der Waals surface area (Å²) in [6, 6.07) is 9.13. The second-order valence-electron chi connectivity index (χ2n) is 13.0. The van der Waals surface area contributed by atoms with E-state index in [0.29, 0.717) is 59.0 Å². The van der Waals surface area contributed by atoms with E-state index in [9.17, 15) is 9.59 Å². The number of hydrogen-bond acceptors (Lipinski definition) is 8. The Kier molecular flexibility index (Phi) is 10.9. The Morgan fingerprint density at radius 3 is 2.47 bits per heavy atom. The number of halogens is 2. The van der Waals surface area contributed by atoms with E-state index in [4.69, 9.17) is 43.8 Å². The van der Waals surface area contributed by atoms with Crippen molar-refractivity contribution in [1.29, 1.82) is 5.41 Å². The molecule has 2 atom stereocenters. The first kappa shape index (κ1) is 34.9. The number of piperazine rings is 1. The summed E-state index contributed by atoms with van der Waals surface area (Å²) in [6.45, 7) is 9.46. The van der Waals surface area contributed by atoms with E-state index in [1.165, 1.54) is 12.4 Å². The number of rotatable bonds is 11. The summed E-state index contributed by atoms with van der Waals surface area (Å²) in [5.41, 5.74) is 7.47. The molecule has 2 amide bonds. The van der Waals surface area contributed by atoms with Crippen LogP contribution in [0.1, 0.15) is 63.6 Å². The number of benzene rings is 2. The molecule has 3 aliphatic rings. The number of piperidine rings is 1. The summed E-state index contributed by atoms with van der Waals surface area (Å²) in [4.78, 5) is 33.6. The standard InChI is InChI=1S/C35H46Cl2N6O4/c1-22(27-10-7-23(18-30(27)46-4)25(19-38)20-39)43(26-8-9-26)33(44)24-6-5-15-42(21-24)32-28(36)11-12-29(31(32)37)47-35(2,3)34(45)41-16-13-40-14-17-41/h7,10-12,18-20,22,24,26,38,40H,5-6,8-9,13-17,21,39H2,1-4H3/b25-20+,38-19?/t22?,24-/m1/s1. The number of hydrogen-bond donors (Lipinski definition) is 3. The Balaban J connectivity index is 1.36. The van der Waals surface area contributed by atoms with Gasteiger partial charge in [-0.3, -0.25) is 9.59 Å². The van der Waals surface area contributed by atoms with Crippen molar-refractivity contribution in [3.8, 4) is 11.5 Å². The van der Waals surface area contributed by atoms with Gasteiger partial charge in [0.15, 0.2) is 5.60 Å². The minimum absolute atomic E-state index is 0.0956. The fraction of sp³-hybridized carbons (Fsp3) is 0.514. The van der Waals surface area contributed by atoms with E-state index >= 15 is 0 Å². The van der Waals surface area contributed by atoms with Crippen LogP contribution in [-0.4, -0.2) is 85.9 Å². The Hall–Kier alpha value is -3.47. The molecule has 0 spiro atoms. The van der Waals surface area contributed by atoms with Crippen LogP contribution in [0.25, 0.3) is 5.57 Å². The van der Waals surface area contributed by atoms with Gasteiger partial charge < -0.3 is 40.6 Å². The number of methoxy groups -OCH3 is 1. The van der Waals surface area contributed by atoms with Crippen LogP contribution < -0.4 is 25.4 Å². The number of amides is 2. The molecule has 47 heavy (non-hydrogen) atoms. The molecule has 1 aliphatic carbocycles. The Morgan fingerprint density at radius 2 is 1.83 bits per heavy atom. The molecule has 5 rings (SSSR count). The zero-order valence-corrected chi connectivity index (χ0v) is 29.2. The van der Waals surface area contributed by atoms with Gasteiger partial charge in [-0.15, -0.1) is 0 Å². The number of nitrogens with one attached hydrogen (secondary N) is 2. The maximum Gasteiger partial charge on any atom is 0.266 e. The first-order valence-electron chi connectivity index (χ1n) is 16.4. The van der Waals surface area contributed by atoms with E-state index in [-0.39, 0.29) is 29.8 Å². The molecule has 2 saturated heterocycles. The minimum Gasteiger partial charge on any atom is -0.496 e. The molecule has 254 valence electrons.